The summed E-state index contributed by atoms with van der Waals surface area (Å²) in [5.74, 6) is 0.286. The van der Waals surface area contributed by atoms with E-state index >= 15 is 0 Å². The topological polar surface area (TPSA) is 58.4 Å². The first-order chi connectivity index (χ1) is 13.0. The van der Waals surface area contributed by atoms with Crippen molar-refractivity contribution in [3.05, 3.63) is 53.9 Å². The summed E-state index contributed by atoms with van der Waals surface area (Å²) in [5, 5.41) is 0. The van der Waals surface area contributed by atoms with E-state index in [1.165, 1.54) is 18.2 Å². The second-order valence-electron chi connectivity index (χ2n) is 6.88. The molecule has 1 unspecified atom stereocenters. The first-order valence-corrected chi connectivity index (χ1v) is 9.33. The van der Waals surface area contributed by atoms with Gasteiger partial charge in [0.1, 0.15) is 11.6 Å². The van der Waals surface area contributed by atoms with E-state index < -0.39 is 5.82 Å². The molecule has 1 aromatic heterocycles. The van der Waals surface area contributed by atoms with Crippen LogP contribution < -0.4 is 0 Å². The Balaban J connectivity index is 1.55. The molecule has 6 nitrogen and oxygen atoms in total. The molecule has 1 saturated heterocycles. The van der Waals surface area contributed by atoms with E-state index in [2.05, 4.69) is 4.98 Å². The van der Waals surface area contributed by atoms with E-state index in [-0.39, 0.29) is 17.7 Å². The van der Waals surface area contributed by atoms with E-state index in [4.69, 9.17) is 0 Å². The van der Waals surface area contributed by atoms with Gasteiger partial charge in [-0.3, -0.25) is 9.59 Å². The highest BCUT2D eigenvalue weighted by Crippen LogP contribution is 2.14. The van der Waals surface area contributed by atoms with Gasteiger partial charge in [-0.05, 0) is 18.2 Å². The zero-order chi connectivity index (χ0) is 19.4. The van der Waals surface area contributed by atoms with E-state index in [1.807, 2.05) is 29.5 Å². The monoisotopic (exact) mass is 372 g/mol. The number of benzene rings is 1. The fourth-order valence-corrected chi connectivity index (χ4v) is 3.44. The van der Waals surface area contributed by atoms with Crippen LogP contribution in [-0.2, 0) is 17.8 Å². The lowest BCUT2D eigenvalue weighted by Gasteiger charge is -2.36. The minimum Gasteiger partial charge on any atom is -0.339 e. The molecule has 1 atom stereocenters. The number of hydrogen-bond donors (Lipinski definition) is 0. The van der Waals surface area contributed by atoms with Crippen molar-refractivity contribution in [3.63, 3.8) is 0 Å². The maximum atomic E-state index is 13.3. The van der Waals surface area contributed by atoms with E-state index in [1.54, 1.807) is 17.2 Å². The molecule has 0 aliphatic carbocycles. The largest absolute Gasteiger partial charge is 0.339 e. The molecule has 3 rings (SSSR count). The molecule has 0 radical (unpaired) electrons. The van der Waals surface area contributed by atoms with Crippen molar-refractivity contribution in [1.82, 2.24) is 19.4 Å². The SMILES string of the molecule is CCc1nccn1CC(C)C(=O)N1CCN(C(=O)c2cccc(F)c2)CC1. The summed E-state index contributed by atoms with van der Waals surface area (Å²) in [6.07, 6.45) is 4.49. The Kier molecular flexibility index (Phi) is 5.88. The predicted molar refractivity (Wildman–Crippen MR) is 99.7 cm³/mol. The maximum Gasteiger partial charge on any atom is 0.254 e. The van der Waals surface area contributed by atoms with Crippen LogP contribution in [0.15, 0.2) is 36.7 Å². The summed E-state index contributed by atoms with van der Waals surface area (Å²) in [4.78, 5) is 33.0. The van der Waals surface area contributed by atoms with Crippen LogP contribution >= 0.6 is 0 Å². The third-order valence-electron chi connectivity index (χ3n) is 4.96. The van der Waals surface area contributed by atoms with Gasteiger partial charge in [0.25, 0.3) is 5.91 Å². The van der Waals surface area contributed by atoms with Crippen molar-refractivity contribution in [1.29, 1.82) is 0 Å². The molecule has 2 aromatic rings. The summed E-state index contributed by atoms with van der Waals surface area (Å²) in [6.45, 7) is 6.47. The average Bonchev–Trinajstić information content (AvgIpc) is 3.14. The van der Waals surface area contributed by atoms with Crippen molar-refractivity contribution in [3.8, 4) is 0 Å². The highest BCUT2D eigenvalue weighted by molar-refractivity contribution is 5.94. The van der Waals surface area contributed by atoms with Gasteiger partial charge in [-0.25, -0.2) is 9.37 Å². The second-order valence-corrected chi connectivity index (χ2v) is 6.88. The summed E-state index contributed by atoms with van der Waals surface area (Å²) >= 11 is 0. The minimum absolute atomic E-state index is 0.0867. The van der Waals surface area contributed by atoms with Crippen molar-refractivity contribution >= 4 is 11.8 Å². The van der Waals surface area contributed by atoms with Gasteiger partial charge in [0, 0.05) is 57.1 Å². The van der Waals surface area contributed by atoms with Gasteiger partial charge in [0.2, 0.25) is 5.91 Å². The van der Waals surface area contributed by atoms with Gasteiger partial charge >= 0.3 is 0 Å². The van der Waals surface area contributed by atoms with Gasteiger partial charge in [-0.15, -0.1) is 0 Å². The van der Waals surface area contributed by atoms with Gasteiger partial charge < -0.3 is 14.4 Å². The quantitative estimate of drug-likeness (QED) is 0.809. The molecule has 27 heavy (non-hydrogen) atoms. The molecule has 2 amide bonds. The number of imidazole rings is 1. The Bertz CT molecular complexity index is 812. The van der Waals surface area contributed by atoms with E-state index in [0.717, 1.165) is 12.2 Å². The molecule has 1 aliphatic heterocycles. The molecule has 0 bridgehead atoms. The van der Waals surface area contributed by atoms with Gasteiger partial charge in [0.15, 0.2) is 0 Å². The lowest BCUT2D eigenvalue weighted by Crippen LogP contribution is -2.52. The van der Waals surface area contributed by atoms with Gasteiger partial charge in [-0.1, -0.05) is 19.9 Å². The van der Waals surface area contributed by atoms with Crippen molar-refractivity contribution in [2.45, 2.75) is 26.8 Å². The third-order valence-corrected chi connectivity index (χ3v) is 4.96. The Morgan fingerprint density at radius 2 is 1.89 bits per heavy atom. The van der Waals surface area contributed by atoms with Crippen LogP contribution in [0.3, 0.4) is 0 Å². The van der Waals surface area contributed by atoms with E-state index in [9.17, 15) is 14.0 Å². The smallest absolute Gasteiger partial charge is 0.254 e. The number of aromatic nitrogens is 2. The average molecular weight is 372 g/mol. The predicted octanol–water partition coefficient (Wildman–Crippen LogP) is 2.21. The van der Waals surface area contributed by atoms with Gasteiger partial charge in [0.05, 0.1) is 5.92 Å². The molecule has 0 saturated carbocycles. The molecular weight excluding hydrogens is 347 g/mol. The number of hydrogen-bond acceptors (Lipinski definition) is 3. The maximum absolute atomic E-state index is 13.3. The standard InChI is InChI=1S/C20H25FN4O2/c1-3-18-22-7-8-25(18)14-15(2)19(26)23-9-11-24(12-10-23)20(27)16-5-4-6-17(21)13-16/h4-8,13,15H,3,9-12,14H2,1-2H3. The van der Waals surface area contributed by atoms with Crippen molar-refractivity contribution < 1.29 is 14.0 Å². The minimum atomic E-state index is -0.422. The third kappa shape index (κ3) is 4.35. The summed E-state index contributed by atoms with van der Waals surface area (Å²) in [5.41, 5.74) is 0.343. The van der Waals surface area contributed by atoms with Crippen LogP contribution in [0.5, 0.6) is 0 Å². The number of amides is 2. The highest BCUT2D eigenvalue weighted by Gasteiger charge is 2.27. The summed E-state index contributed by atoms with van der Waals surface area (Å²) < 4.78 is 15.4. The molecule has 0 spiro atoms. The number of piperazine rings is 1. The fraction of sp³-hybridized carbons (Fsp3) is 0.450. The van der Waals surface area contributed by atoms with Gasteiger partial charge in [-0.2, -0.15) is 0 Å². The number of carbonyl (C=O) groups excluding carboxylic acids is 2. The second kappa shape index (κ2) is 8.33. The zero-order valence-corrected chi connectivity index (χ0v) is 15.8. The molecule has 7 heteroatoms. The normalized spacial score (nSPS) is 15.7. The molecule has 1 aliphatic rings. The van der Waals surface area contributed by atoms with Crippen LogP contribution in [-0.4, -0.2) is 57.3 Å². The number of carbonyl (C=O) groups is 2. The molecular formula is C20H25FN4O2. The summed E-state index contributed by atoms with van der Waals surface area (Å²) in [6, 6.07) is 5.71. The Morgan fingerprint density at radius 3 is 2.56 bits per heavy atom. The number of aryl methyl sites for hydroxylation is 1. The van der Waals surface area contributed by atoms with Crippen LogP contribution in [0.25, 0.3) is 0 Å². The lowest BCUT2D eigenvalue weighted by atomic mass is 10.1. The van der Waals surface area contributed by atoms with Crippen LogP contribution in [0.2, 0.25) is 0 Å². The fourth-order valence-electron chi connectivity index (χ4n) is 3.44. The van der Waals surface area contributed by atoms with Crippen LogP contribution in [0.1, 0.15) is 30.0 Å². The number of nitrogens with zero attached hydrogens (tertiary/aromatic N) is 4. The Labute approximate surface area is 158 Å². The molecule has 1 fully saturated rings. The zero-order valence-electron chi connectivity index (χ0n) is 15.8. The number of rotatable bonds is 5. The lowest BCUT2D eigenvalue weighted by molar-refractivity contribution is -0.136. The van der Waals surface area contributed by atoms with Crippen LogP contribution in [0, 0.1) is 11.7 Å². The van der Waals surface area contributed by atoms with Crippen LogP contribution in [0.4, 0.5) is 4.39 Å². The highest BCUT2D eigenvalue weighted by atomic mass is 19.1. The van der Waals surface area contributed by atoms with E-state index in [0.29, 0.717) is 38.3 Å². The molecule has 2 heterocycles. The first kappa shape index (κ1) is 19.1. The molecule has 144 valence electrons. The Hall–Kier alpha value is -2.70. The Morgan fingerprint density at radius 1 is 1.19 bits per heavy atom. The summed E-state index contributed by atoms with van der Waals surface area (Å²) in [7, 11) is 0. The number of halogens is 1. The molecule has 0 N–H and O–H groups in total. The first-order valence-electron chi connectivity index (χ1n) is 9.33. The van der Waals surface area contributed by atoms with Crippen molar-refractivity contribution in [2.75, 3.05) is 26.2 Å². The van der Waals surface area contributed by atoms with Crippen molar-refractivity contribution in [2.24, 2.45) is 5.92 Å². The molecule has 1 aromatic carbocycles.